The van der Waals surface area contributed by atoms with Crippen molar-refractivity contribution in [3.63, 3.8) is 0 Å². The Morgan fingerprint density at radius 3 is 2.62 bits per heavy atom. The number of ether oxygens (including phenoxy) is 1. The van der Waals surface area contributed by atoms with Crippen molar-refractivity contribution < 1.29 is 13.2 Å². The van der Waals surface area contributed by atoms with Gasteiger partial charge in [-0.2, -0.15) is 0 Å². The molecule has 1 atom stereocenters. The van der Waals surface area contributed by atoms with Crippen LogP contribution in [-0.4, -0.2) is 38.9 Å². The summed E-state index contributed by atoms with van der Waals surface area (Å²) in [5.74, 6) is 0.0314. The lowest BCUT2D eigenvalue weighted by Gasteiger charge is -2.16. The molecule has 7 heteroatoms. The third kappa shape index (κ3) is 7.10. The first-order valence-corrected chi connectivity index (χ1v) is 7.27. The summed E-state index contributed by atoms with van der Waals surface area (Å²) in [7, 11) is -1.78. The molecule has 0 aliphatic heterocycles. The number of thiocarbonyl (C=S) groups is 1. The van der Waals surface area contributed by atoms with Crippen molar-refractivity contribution in [2.75, 3.05) is 19.5 Å². The molecular weight excluding hydrogens is 248 g/mol. The Labute approximate surface area is 103 Å². The highest BCUT2D eigenvalue weighted by Gasteiger charge is 2.18. The standard InChI is InChI=1S/C9H20N2O3S2/c1-3-5-8(9(10)15)11-16(12,13)7-4-6-14-2/h8,11H,3-7H2,1-2H3,(H2,10,15). The number of nitrogens with two attached hydrogens (primary N) is 1. The van der Waals surface area contributed by atoms with Crippen LogP contribution >= 0.6 is 12.2 Å². The topological polar surface area (TPSA) is 81.4 Å². The number of nitrogens with one attached hydrogen (secondary N) is 1. The van der Waals surface area contributed by atoms with E-state index in [1.54, 1.807) is 0 Å². The van der Waals surface area contributed by atoms with E-state index in [0.717, 1.165) is 6.42 Å². The van der Waals surface area contributed by atoms with E-state index in [1.165, 1.54) is 7.11 Å². The van der Waals surface area contributed by atoms with Crippen LogP contribution in [0.15, 0.2) is 0 Å². The molecule has 16 heavy (non-hydrogen) atoms. The van der Waals surface area contributed by atoms with Crippen LogP contribution in [-0.2, 0) is 14.8 Å². The Morgan fingerprint density at radius 1 is 1.56 bits per heavy atom. The molecule has 5 nitrogen and oxygen atoms in total. The molecule has 0 aliphatic rings. The maximum atomic E-state index is 11.6. The summed E-state index contributed by atoms with van der Waals surface area (Å²) < 4.78 is 30.5. The summed E-state index contributed by atoms with van der Waals surface area (Å²) in [6, 6.07) is -0.437. The molecule has 0 spiro atoms. The first-order chi connectivity index (χ1) is 7.43. The average Bonchev–Trinajstić information content (AvgIpc) is 2.17. The van der Waals surface area contributed by atoms with E-state index in [0.29, 0.717) is 19.4 Å². The van der Waals surface area contributed by atoms with Gasteiger partial charge in [0.25, 0.3) is 0 Å². The van der Waals surface area contributed by atoms with Gasteiger partial charge < -0.3 is 10.5 Å². The Morgan fingerprint density at radius 2 is 2.19 bits per heavy atom. The van der Waals surface area contributed by atoms with Gasteiger partial charge >= 0.3 is 0 Å². The minimum atomic E-state index is -3.32. The molecule has 0 rings (SSSR count). The van der Waals surface area contributed by atoms with E-state index >= 15 is 0 Å². The van der Waals surface area contributed by atoms with E-state index in [1.807, 2.05) is 6.92 Å². The third-order valence-electron chi connectivity index (χ3n) is 2.00. The highest BCUT2D eigenvalue weighted by Crippen LogP contribution is 2.01. The highest BCUT2D eigenvalue weighted by molar-refractivity contribution is 7.89. The molecule has 3 N–H and O–H groups in total. The Balaban J connectivity index is 4.25. The number of rotatable bonds is 9. The van der Waals surface area contributed by atoms with E-state index in [9.17, 15) is 8.42 Å². The number of hydrogen-bond donors (Lipinski definition) is 2. The summed E-state index contributed by atoms with van der Waals surface area (Å²) in [4.78, 5) is 0.192. The van der Waals surface area contributed by atoms with Gasteiger partial charge in [0.05, 0.1) is 16.8 Å². The fraction of sp³-hybridized carbons (Fsp3) is 0.889. The van der Waals surface area contributed by atoms with Crippen LogP contribution in [0.4, 0.5) is 0 Å². The van der Waals surface area contributed by atoms with Gasteiger partial charge in [0.1, 0.15) is 0 Å². The van der Waals surface area contributed by atoms with Crippen molar-refractivity contribution in [1.29, 1.82) is 0 Å². The van der Waals surface area contributed by atoms with E-state index in [4.69, 9.17) is 22.7 Å². The first-order valence-electron chi connectivity index (χ1n) is 5.21. The van der Waals surface area contributed by atoms with Crippen LogP contribution in [0.2, 0.25) is 0 Å². The van der Waals surface area contributed by atoms with Gasteiger partial charge in [-0.3, -0.25) is 0 Å². The van der Waals surface area contributed by atoms with Crippen molar-refractivity contribution in [3.8, 4) is 0 Å². The van der Waals surface area contributed by atoms with Gasteiger partial charge in [0, 0.05) is 13.7 Å². The van der Waals surface area contributed by atoms with Crippen LogP contribution in [0.3, 0.4) is 0 Å². The maximum absolute atomic E-state index is 11.6. The molecule has 0 saturated carbocycles. The van der Waals surface area contributed by atoms with Crippen molar-refractivity contribution in [1.82, 2.24) is 4.72 Å². The molecule has 0 aromatic heterocycles. The van der Waals surface area contributed by atoms with Gasteiger partial charge in [0.15, 0.2) is 0 Å². The molecule has 1 unspecified atom stereocenters. The Hall–Kier alpha value is -0.240. The predicted octanol–water partition coefficient (Wildman–Crippen LogP) is 0.397. The lowest BCUT2D eigenvalue weighted by molar-refractivity contribution is 0.199. The second-order valence-corrected chi connectivity index (χ2v) is 5.87. The zero-order chi connectivity index (χ0) is 12.6. The minimum Gasteiger partial charge on any atom is -0.392 e. The molecule has 96 valence electrons. The molecule has 0 aromatic carbocycles. The van der Waals surface area contributed by atoms with Gasteiger partial charge in [-0.05, 0) is 12.8 Å². The summed E-state index contributed by atoms with van der Waals surface area (Å²) in [6.07, 6.45) is 1.91. The van der Waals surface area contributed by atoms with E-state index in [2.05, 4.69) is 4.72 Å². The molecular formula is C9H20N2O3S2. The van der Waals surface area contributed by atoms with Crippen LogP contribution in [0.5, 0.6) is 0 Å². The summed E-state index contributed by atoms with van der Waals surface area (Å²) >= 11 is 4.81. The second-order valence-electron chi connectivity index (χ2n) is 3.53. The van der Waals surface area contributed by atoms with Gasteiger partial charge in [-0.1, -0.05) is 25.6 Å². The van der Waals surface area contributed by atoms with Crippen molar-refractivity contribution in [2.45, 2.75) is 32.2 Å². The Kier molecular flexibility index (Phi) is 7.82. The molecule has 0 aliphatic carbocycles. The van der Waals surface area contributed by atoms with Gasteiger partial charge in [-0.25, -0.2) is 13.1 Å². The van der Waals surface area contributed by atoms with Crippen LogP contribution in [0, 0.1) is 0 Å². The number of sulfonamides is 1. The quantitative estimate of drug-likeness (QED) is 0.467. The highest BCUT2D eigenvalue weighted by atomic mass is 32.2. The SMILES string of the molecule is CCCC(NS(=O)(=O)CCCOC)C(N)=S. The normalized spacial score (nSPS) is 13.6. The first kappa shape index (κ1) is 15.8. The summed E-state index contributed by atoms with van der Waals surface area (Å²) in [5, 5.41) is 0. The van der Waals surface area contributed by atoms with E-state index in [-0.39, 0.29) is 10.7 Å². The second kappa shape index (κ2) is 7.94. The maximum Gasteiger partial charge on any atom is 0.212 e. The molecule has 0 radical (unpaired) electrons. The number of hydrogen-bond acceptors (Lipinski definition) is 4. The molecule has 0 saturated heterocycles. The lowest BCUT2D eigenvalue weighted by atomic mass is 10.2. The molecule has 0 amide bonds. The van der Waals surface area contributed by atoms with Crippen LogP contribution in [0.25, 0.3) is 0 Å². The largest absolute Gasteiger partial charge is 0.392 e. The van der Waals surface area contributed by atoms with E-state index < -0.39 is 16.1 Å². The van der Waals surface area contributed by atoms with Gasteiger partial charge in [0.2, 0.25) is 10.0 Å². The summed E-state index contributed by atoms with van der Waals surface area (Å²) in [6.45, 7) is 2.37. The molecule has 0 aromatic rings. The van der Waals surface area contributed by atoms with Crippen LogP contribution < -0.4 is 10.5 Å². The Bertz CT molecular complexity index is 304. The zero-order valence-electron chi connectivity index (χ0n) is 9.73. The molecule has 0 fully saturated rings. The molecule has 0 heterocycles. The zero-order valence-corrected chi connectivity index (χ0v) is 11.4. The van der Waals surface area contributed by atoms with Crippen molar-refractivity contribution >= 4 is 27.2 Å². The van der Waals surface area contributed by atoms with Gasteiger partial charge in [-0.15, -0.1) is 0 Å². The fourth-order valence-corrected chi connectivity index (χ4v) is 2.76. The summed E-state index contributed by atoms with van der Waals surface area (Å²) in [5.41, 5.74) is 5.46. The predicted molar refractivity (Wildman–Crippen MR) is 68.9 cm³/mol. The third-order valence-corrected chi connectivity index (χ3v) is 3.76. The fourth-order valence-electron chi connectivity index (χ4n) is 1.22. The van der Waals surface area contributed by atoms with Crippen LogP contribution in [0.1, 0.15) is 26.2 Å². The van der Waals surface area contributed by atoms with Crippen molar-refractivity contribution in [3.05, 3.63) is 0 Å². The average molecular weight is 268 g/mol. The van der Waals surface area contributed by atoms with Crippen molar-refractivity contribution in [2.24, 2.45) is 5.73 Å². The monoisotopic (exact) mass is 268 g/mol. The minimum absolute atomic E-state index is 0.0314. The molecule has 0 bridgehead atoms. The lowest BCUT2D eigenvalue weighted by Crippen LogP contribution is -2.44. The smallest absolute Gasteiger partial charge is 0.212 e. The number of methoxy groups -OCH3 is 1.